The van der Waals surface area contributed by atoms with Crippen molar-refractivity contribution >= 4 is 17.5 Å². The molecule has 2 rings (SSSR count). The number of benzene rings is 1. The van der Waals surface area contributed by atoms with E-state index in [2.05, 4.69) is 19.2 Å². The number of halogens is 1. The minimum atomic E-state index is -0.0420. The van der Waals surface area contributed by atoms with E-state index in [0.717, 1.165) is 12.0 Å². The summed E-state index contributed by atoms with van der Waals surface area (Å²) in [6.45, 7) is 4.23. The molecule has 1 fully saturated rings. The molecule has 0 heterocycles. The van der Waals surface area contributed by atoms with Gasteiger partial charge in [0, 0.05) is 30.0 Å². The molecule has 1 N–H and O–H groups in total. The normalized spacial score (nSPS) is 24.6. The van der Waals surface area contributed by atoms with Crippen molar-refractivity contribution in [3.8, 4) is 0 Å². The molecular formula is C15H20ClNO2. The predicted octanol–water partition coefficient (Wildman–Crippen LogP) is 2.97. The summed E-state index contributed by atoms with van der Waals surface area (Å²) in [6, 6.07) is 7.57. The van der Waals surface area contributed by atoms with Gasteiger partial charge in [0.05, 0.1) is 6.10 Å². The third-order valence-electron chi connectivity index (χ3n) is 4.11. The Bertz CT molecular complexity index is 473. The van der Waals surface area contributed by atoms with E-state index < -0.39 is 0 Å². The summed E-state index contributed by atoms with van der Waals surface area (Å²) < 4.78 is 5.39. The van der Waals surface area contributed by atoms with Crippen molar-refractivity contribution in [3.63, 3.8) is 0 Å². The summed E-state index contributed by atoms with van der Waals surface area (Å²) in [5, 5.41) is 3.08. The fourth-order valence-corrected chi connectivity index (χ4v) is 2.73. The van der Waals surface area contributed by atoms with Crippen LogP contribution in [0.25, 0.3) is 0 Å². The Morgan fingerprint density at radius 1 is 1.53 bits per heavy atom. The second-order valence-corrected chi connectivity index (χ2v) is 5.91. The second kappa shape index (κ2) is 5.51. The van der Waals surface area contributed by atoms with Crippen LogP contribution in [-0.4, -0.2) is 25.2 Å². The summed E-state index contributed by atoms with van der Waals surface area (Å²) in [4.78, 5) is 12.2. The van der Waals surface area contributed by atoms with Gasteiger partial charge in [-0.2, -0.15) is 0 Å². The van der Waals surface area contributed by atoms with E-state index in [0.29, 0.717) is 11.4 Å². The molecule has 0 spiro atoms. The van der Waals surface area contributed by atoms with Gasteiger partial charge in [-0.15, -0.1) is 11.6 Å². The van der Waals surface area contributed by atoms with Gasteiger partial charge in [0.15, 0.2) is 0 Å². The molecule has 2 atom stereocenters. The van der Waals surface area contributed by atoms with Crippen molar-refractivity contribution in [1.82, 2.24) is 5.32 Å². The molecule has 0 aromatic heterocycles. The second-order valence-electron chi connectivity index (χ2n) is 5.64. The summed E-state index contributed by atoms with van der Waals surface area (Å²) in [5.41, 5.74) is 1.60. The number of methoxy groups -OCH3 is 1. The third-order valence-corrected chi connectivity index (χ3v) is 4.42. The van der Waals surface area contributed by atoms with E-state index in [4.69, 9.17) is 16.3 Å². The lowest BCUT2D eigenvalue weighted by molar-refractivity contribution is -0.0942. The first-order chi connectivity index (χ1) is 8.98. The van der Waals surface area contributed by atoms with Gasteiger partial charge in [0.2, 0.25) is 0 Å². The van der Waals surface area contributed by atoms with Crippen LogP contribution in [-0.2, 0) is 10.6 Å². The number of carbonyl (C=O) groups excluding carboxylic acids is 1. The Morgan fingerprint density at radius 3 is 2.84 bits per heavy atom. The highest BCUT2D eigenvalue weighted by molar-refractivity contribution is 6.17. The van der Waals surface area contributed by atoms with Gasteiger partial charge in [-0.25, -0.2) is 0 Å². The van der Waals surface area contributed by atoms with Crippen molar-refractivity contribution in [3.05, 3.63) is 35.4 Å². The Kier molecular flexibility index (Phi) is 4.16. The van der Waals surface area contributed by atoms with Crippen LogP contribution in [0.1, 0.15) is 36.2 Å². The molecule has 1 saturated carbocycles. The van der Waals surface area contributed by atoms with Crippen LogP contribution in [0.4, 0.5) is 0 Å². The maximum Gasteiger partial charge on any atom is 0.251 e. The quantitative estimate of drug-likeness (QED) is 0.862. The molecule has 1 aromatic rings. The molecule has 0 radical (unpaired) electrons. The van der Waals surface area contributed by atoms with Crippen LogP contribution in [0.2, 0.25) is 0 Å². The predicted molar refractivity (Wildman–Crippen MR) is 76.4 cm³/mol. The molecule has 1 amide bonds. The summed E-state index contributed by atoms with van der Waals surface area (Å²) in [7, 11) is 1.72. The van der Waals surface area contributed by atoms with Crippen molar-refractivity contribution < 1.29 is 9.53 Å². The number of hydrogen-bond acceptors (Lipinski definition) is 2. The average molecular weight is 282 g/mol. The standard InChI is InChI=1S/C15H20ClNO2/c1-15(2)12(8-13(15)19-3)17-14(18)11-6-4-5-10(7-11)9-16/h4-7,12-13H,8-9H2,1-3H3,(H,17,18). The fourth-order valence-electron chi connectivity index (χ4n) is 2.57. The van der Waals surface area contributed by atoms with Crippen molar-refractivity contribution in [2.45, 2.75) is 38.3 Å². The SMILES string of the molecule is COC1CC(NC(=O)c2cccc(CCl)c2)C1(C)C. The van der Waals surface area contributed by atoms with E-state index in [9.17, 15) is 4.79 Å². The third kappa shape index (κ3) is 2.77. The maximum absolute atomic E-state index is 12.2. The Balaban J connectivity index is 2.02. The van der Waals surface area contributed by atoms with Crippen LogP contribution in [0.3, 0.4) is 0 Å². The molecule has 0 aliphatic heterocycles. The molecule has 1 aromatic carbocycles. The highest BCUT2D eigenvalue weighted by Gasteiger charge is 2.49. The molecule has 0 bridgehead atoms. The van der Waals surface area contributed by atoms with Crippen LogP contribution >= 0.6 is 11.6 Å². The molecule has 1 aliphatic rings. The zero-order valence-electron chi connectivity index (χ0n) is 11.6. The average Bonchev–Trinajstić information content (AvgIpc) is 2.42. The van der Waals surface area contributed by atoms with Gasteiger partial charge < -0.3 is 10.1 Å². The van der Waals surface area contributed by atoms with Crippen molar-refractivity contribution in [2.75, 3.05) is 7.11 Å². The van der Waals surface area contributed by atoms with Gasteiger partial charge in [-0.1, -0.05) is 26.0 Å². The molecule has 104 valence electrons. The number of carbonyl (C=O) groups is 1. The molecule has 1 aliphatic carbocycles. The monoisotopic (exact) mass is 281 g/mol. The van der Waals surface area contributed by atoms with Gasteiger partial charge in [0.1, 0.15) is 0 Å². The highest BCUT2D eigenvalue weighted by atomic mass is 35.5. The summed E-state index contributed by atoms with van der Waals surface area (Å²) in [5.74, 6) is 0.376. The number of nitrogens with one attached hydrogen (secondary N) is 1. The van der Waals surface area contributed by atoms with Crippen LogP contribution in [0.5, 0.6) is 0 Å². The van der Waals surface area contributed by atoms with Crippen molar-refractivity contribution in [1.29, 1.82) is 0 Å². The van der Waals surface area contributed by atoms with Gasteiger partial charge in [-0.05, 0) is 24.1 Å². The van der Waals surface area contributed by atoms with Crippen LogP contribution in [0, 0.1) is 5.41 Å². The molecule has 3 nitrogen and oxygen atoms in total. The minimum Gasteiger partial charge on any atom is -0.381 e. The van der Waals surface area contributed by atoms with Crippen molar-refractivity contribution in [2.24, 2.45) is 5.41 Å². The minimum absolute atomic E-state index is 0.0193. The summed E-state index contributed by atoms with van der Waals surface area (Å²) >= 11 is 5.78. The number of amides is 1. The smallest absolute Gasteiger partial charge is 0.251 e. The Labute approximate surface area is 119 Å². The lowest BCUT2D eigenvalue weighted by Crippen LogP contribution is -2.61. The number of hydrogen-bond donors (Lipinski definition) is 1. The lowest BCUT2D eigenvalue weighted by Gasteiger charge is -2.51. The van der Waals surface area contributed by atoms with E-state index in [-0.39, 0.29) is 23.5 Å². The van der Waals surface area contributed by atoms with Gasteiger partial charge in [-0.3, -0.25) is 4.79 Å². The lowest BCUT2D eigenvalue weighted by atomic mass is 9.64. The zero-order chi connectivity index (χ0) is 14.0. The largest absolute Gasteiger partial charge is 0.381 e. The number of rotatable bonds is 4. The van der Waals surface area contributed by atoms with E-state index in [1.54, 1.807) is 7.11 Å². The Morgan fingerprint density at radius 2 is 2.26 bits per heavy atom. The first-order valence-electron chi connectivity index (χ1n) is 6.47. The van der Waals surface area contributed by atoms with Crippen LogP contribution < -0.4 is 5.32 Å². The highest BCUT2D eigenvalue weighted by Crippen LogP contribution is 2.42. The molecule has 4 heteroatoms. The number of alkyl halides is 1. The van der Waals surface area contributed by atoms with Gasteiger partial charge >= 0.3 is 0 Å². The first kappa shape index (κ1) is 14.4. The topological polar surface area (TPSA) is 38.3 Å². The van der Waals surface area contributed by atoms with Gasteiger partial charge in [0.25, 0.3) is 5.91 Å². The van der Waals surface area contributed by atoms with E-state index >= 15 is 0 Å². The molecule has 19 heavy (non-hydrogen) atoms. The van der Waals surface area contributed by atoms with E-state index in [1.807, 2.05) is 24.3 Å². The summed E-state index contributed by atoms with van der Waals surface area (Å²) in [6.07, 6.45) is 1.08. The molecule has 0 saturated heterocycles. The molecular weight excluding hydrogens is 262 g/mol. The van der Waals surface area contributed by atoms with Crippen LogP contribution in [0.15, 0.2) is 24.3 Å². The fraction of sp³-hybridized carbons (Fsp3) is 0.533. The zero-order valence-corrected chi connectivity index (χ0v) is 12.3. The first-order valence-corrected chi connectivity index (χ1v) is 7.01. The maximum atomic E-state index is 12.2. The Hall–Kier alpha value is -1.06. The molecule has 2 unspecified atom stereocenters. The van der Waals surface area contributed by atoms with E-state index in [1.165, 1.54) is 0 Å². The number of ether oxygens (including phenoxy) is 1.